The highest BCUT2D eigenvalue weighted by atomic mass is 16.6. The molecule has 0 aromatic carbocycles. The van der Waals surface area contributed by atoms with E-state index in [4.69, 9.17) is 4.74 Å². The number of rotatable bonds is 0. The summed E-state index contributed by atoms with van der Waals surface area (Å²) in [5.74, 6) is 0. The van der Waals surface area contributed by atoms with E-state index in [0.29, 0.717) is 0 Å². The Labute approximate surface area is 73.2 Å². The predicted octanol–water partition coefficient (Wildman–Crippen LogP) is 1.64. The quantitative estimate of drug-likeness (QED) is 0.440. The third-order valence-electron chi connectivity index (χ3n) is 3.13. The fraction of sp³-hybridized carbons (Fsp3) is 0.800. The van der Waals surface area contributed by atoms with Crippen LogP contribution in [0, 0.1) is 0 Å². The van der Waals surface area contributed by atoms with Gasteiger partial charge >= 0.3 is 0 Å². The monoisotopic (exact) mass is 168 g/mol. The normalized spacial score (nSPS) is 49.7. The molecule has 0 aromatic rings. The summed E-state index contributed by atoms with van der Waals surface area (Å²) in [6.45, 7) is 6.03. The molecule has 1 fully saturated rings. The first kappa shape index (κ1) is 8.27. The van der Waals surface area contributed by atoms with Crippen LogP contribution in [0.3, 0.4) is 0 Å². The molecule has 1 aliphatic heterocycles. The first-order valence-corrected chi connectivity index (χ1v) is 4.50. The molecule has 2 nitrogen and oxygen atoms in total. The van der Waals surface area contributed by atoms with Crippen molar-refractivity contribution in [1.29, 1.82) is 0 Å². The minimum atomic E-state index is -0.618. The molecule has 68 valence electrons. The van der Waals surface area contributed by atoms with Gasteiger partial charge in [-0.3, -0.25) is 0 Å². The summed E-state index contributed by atoms with van der Waals surface area (Å²) in [7, 11) is 0. The second-order valence-electron chi connectivity index (χ2n) is 4.69. The molecular weight excluding hydrogens is 152 g/mol. The van der Waals surface area contributed by atoms with Crippen molar-refractivity contribution in [3.8, 4) is 0 Å². The Hall–Kier alpha value is -0.340. The topological polar surface area (TPSA) is 32.8 Å². The van der Waals surface area contributed by atoms with Gasteiger partial charge in [0.15, 0.2) is 0 Å². The third-order valence-corrected chi connectivity index (χ3v) is 3.13. The van der Waals surface area contributed by atoms with Crippen molar-refractivity contribution < 1.29 is 9.84 Å². The standard InChI is InChI=1S/C10H16O2/c1-8(2)10(12-8)6-4-9(3,11)5-7-10/h4,6,11H,5,7H2,1-3H3. The summed E-state index contributed by atoms with van der Waals surface area (Å²) in [6, 6.07) is 0. The van der Waals surface area contributed by atoms with Gasteiger partial charge in [0.1, 0.15) is 5.60 Å². The molecule has 1 saturated heterocycles. The van der Waals surface area contributed by atoms with Crippen LogP contribution in [0.4, 0.5) is 0 Å². The minimum absolute atomic E-state index is 0.0139. The first-order valence-electron chi connectivity index (χ1n) is 4.50. The van der Waals surface area contributed by atoms with Crippen molar-refractivity contribution in [3.63, 3.8) is 0 Å². The van der Waals surface area contributed by atoms with Crippen LogP contribution in [0.1, 0.15) is 33.6 Å². The first-order chi connectivity index (χ1) is 5.37. The number of epoxide rings is 1. The van der Waals surface area contributed by atoms with E-state index in [1.54, 1.807) is 0 Å². The summed E-state index contributed by atoms with van der Waals surface area (Å²) < 4.78 is 5.63. The van der Waals surface area contributed by atoms with Crippen LogP contribution in [0.2, 0.25) is 0 Å². The minimum Gasteiger partial charge on any atom is -0.386 e. The molecule has 0 saturated carbocycles. The van der Waals surface area contributed by atoms with Crippen molar-refractivity contribution >= 4 is 0 Å². The Morgan fingerprint density at radius 2 is 1.75 bits per heavy atom. The Morgan fingerprint density at radius 3 is 2.08 bits per heavy atom. The molecule has 0 amide bonds. The lowest BCUT2D eigenvalue weighted by Gasteiger charge is -2.26. The van der Waals surface area contributed by atoms with E-state index in [0.717, 1.165) is 12.8 Å². The van der Waals surface area contributed by atoms with E-state index in [1.165, 1.54) is 0 Å². The molecule has 0 aromatic heterocycles. The zero-order valence-electron chi connectivity index (χ0n) is 7.92. The van der Waals surface area contributed by atoms with Gasteiger partial charge in [-0.25, -0.2) is 0 Å². The zero-order valence-corrected chi connectivity index (χ0v) is 7.92. The molecule has 12 heavy (non-hydrogen) atoms. The SMILES string of the molecule is CC1(O)C=CC2(CC1)OC2(C)C. The number of aliphatic hydroxyl groups is 1. The second kappa shape index (κ2) is 1.94. The summed E-state index contributed by atoms with van der Waals surface area (Å²) in [4.78, 5) is 0. The van der Waals surface area contributed by atoms with Crippen molar-refractivity contribution in [1.82, 2.24) is 0 Å². The van der Waals surface area contributed by atoms with Gasteiger partial charge in [-0.2, -0.15) is 0 Å². The molecule has 0 radical (unpaired) electrons. The maximum Gasteiger partial charge on any atom is 0.116 e. The molecule has 1 spiro atoms. The highest BCUT2D eigenvalue weighted by Crippen LogP contribution is 2.54. The largest absolute Gasteiger partial charge is 0.386 e. The Bertz CT molecular complexity index is 240. The van der Waals surface area contributed by atoms with Gasteiger partial charge in [-0.15, -0.1) is 0 Å². The molecule has 2 heteroatoms. The Kier molecular flexibility index (Phi) is 1.33. The highest BCUT2D eigenvalue weighted by Gasteiger charge is 2.62. The fourth-order valence-corrected chi connectivity index (χ4v) is 1.94. The van der Waals surface area contributed by atoms with Crippen LogP contribution in [-0.2, 0) is 4.74 Å². The molecular formula is C10H16O2. The Balaban J connectivity index is 2.18. The molecule has 1 heterocycles. The van der Waals surface area contributed by atoms with Crippen molar-refractivity contribution in [2.75, 3.05) is 0 Å². The van der Waals surface area contributed by atoms with E-state index >= 15 is 0 Å². The fourth-order valence-electron chi connectivity index (χ4n) is 1.94. The van der Waals surface area contributed by atoms with E-state index in [2.05, 4.69) is 13.8 Å². The molecule has 0 bridgehead atoms. The van der Waals surface area contributed by atoms with Gasteiger partial charge in [0.2, 0.25) is 0 Å². The lowest BCUT2D eigenvalue weighted by Crippen LogP contribution is -2.31. The molecule has 1 aliphatic carbocycles. The predicted molar refractivity (Wildman–Crippen MR) is 46.9 cm³/mol. The van der Waals surface area contributed by atoms with Gasteiger partial charge in [0.25, 0.3) is 0 Å². The van der Waals surface area contributed by atoms with Crippen molar-refractivity contribution in [2.45, 2.75) is 50.4 Å². The van der Waals surface area contributed by atoms with Gasteiger partial charge in [0, 0.05) is 0 Å². The smallest absolute Gasteiger partial charge is 0.116 e. The lowest BCUT2D eigenvalue weighted by molar-refractivity contribution is 0.0832. The molecule has 1 N–H and O–H groups in total. The van der Waals surface area contributed by atoms with Crippen molar-refractivity contribution in [3.05, 3.63) is 12.2 Å². The third kappa shape index (κ3) is 1.02. The average molecular weight is 168 g/mol. The van der Waals surface area contributed by atoms with E-state index in [1.807, 2.05) is 19.1 Å². The van der Waals surface area contributed by atoms with Crippen LogP contribution in [0.25, 0.3) is 0 Å². The van der Waals surface area contributed by atoms with Gasteiger partial charge in [0.05, 0.1) is 11.2 Å². The number of ether oxygens (including phenoxy) is 1. The van der Waals surface area contributed by atoms with Gasteiger partial charge in [-0.05, 0) is 33.6 Å². The van der Waals surface area contributed by atoms with E-state index < -0.39 is 5.60 Å². The second-order valence-corrected chi connectivity index (χ2v) is 4.69. The summed E-state index contributed by atoms with van der Waals surface area (Å²) >= 11 is 0. The summed E-state index contributed by atoms with van der Waals surface area (Å²) in [5.41, 5.74) is -0.692. The van der Waals surface area contributed by atoms with Gasteiger partial charge in [-0.1, -0.05) is 12.2 Å². The van der Waals surface area contributed by atoms with Crippen LogP contribution < -0.4 is 0 Å². The van der Waals surface area contributed by atoms with Crippen LogP contribution in [0.15, 0.2) is 12.2 Å². The lowest BCUT2D eigenvalue weighted by atomic mass is 9.81. The van der Waals surface area contributed by atoms with E-state index in [-0.39, 0.29) is 11.2 Å². The average Bonchev–Trinajstić information content (AvgIpc) is 2.45. The maximum absolute atomic E-state index is 9.66. The van der Waals surface area contributed by atoms with Crippen LogP contribution >= 0.6 is 0 Å². The van der Waals surface area contributed by atoms with Gasteiger partial charge < -0.3 is 9.84 Å². The number of hydrogen-bond acceptors (Lipinski definition) is 2. The Morgan fingerprint density at radius 1 is 1.17 bits per heavy atom. The van der Waals surface area contributed by atoms with Crippen LogP contribution in [-0.4, -0.2) is 21.9 Å². The van der Waals surface area contributed by atoms with Crippen molar-refractivity contribution in [2.24, 2.45) is 0 Å². The zero-order chi connectivity index (χ0) is 9.04. The molecule has 2 rings (SSSR count). The molecule has 2 aliphatic rings. The molecule has 2 atom stereocenters. The van der Waals surface area contributed by atoms with E-state index in [9.17, 15) is 5.11 Å². The maximum atomic E-state index is 9.66. The van der Waals surface area contributed by atoms with Crippen LogP contribution in [0.5, 0.6) is 0 Å². The summed E-state index contributed by atoms with van der Waals surface area (Å²) in [6.07, 6.45) is 5.62. The summed E-state index contributed by atoms with van der Waals surface area (Å²) in [5, 5.41) is 9.66. The molecule has 2 unspecified atom stereocenters. The highest BCUT2D eigenvalue weighted by molar-refractivity contribution is 5.27. The number of hydrogen-bond donors (Lipinski definition) is 1.